The van der Waals surface area contributed by atoms with Gasteiger partial charge in [-0.05, 0) is 31.0 Å². The zero-order valence-corrected chi connectivity index (χ0v) is 16.3. The number of rotatable bonds is 3. The smallest absolute Gasteiger partial charge is 0.258 e. The van der Waals surface area contributed by atoms with Gasteiger partial charge in [0.15, 0.2) is 0 Å². The van der Waals surface area contributed by atoms with Crippen molar-refractivity contribution < 1.29 is 9.85 Å². The first-order chi connectivity index (χ1) is 12.8. The van der Waals surface area contributed by atoms with Gasteiger partial charge in [-0.1, -0.05) is 64.5 Å². The quantitative estimate of drug-likeness (QED) is 0.365. The van der Waals surface area contributed by atoms with Crippen LogP contribution in [-0.4, -0.2) is 9.85 Å². The van der Waals surface area contributed by atoms with Crippen LogP contribution < -0.4 is 0 Å². The fourth-order valence-corrected chi connectivity index (χ4v) is 2.74. The first kappa shape index (κ1) is 20.3. The number of hydrogen-bond acceptors (Lipinski definition) is 4. The van der Waals surface area contributed by atoms with Gasteiger partial charge in [0.2, 0.25) is 0 Å². The second kappa shape index (κ2) is 9.05. The van der Waals surface area contributed by atoms with Gasteiger partial charge in [-0.25, -0.2) is 0 Å². The van der Waals surface area contributed by atoms with E-state index in [-0.39, 0.29) is 21.2 Å². The summed E-state index contributed by atoms with van der Waals surface area (Å²) >= 11 is 3.16. The molecular formula is C20H17BrN2O4. The summed E-state index contributed by atoms with van der Waals surface area (Å²) in [6, 6.07) is 19.9. The van der Waals surface area contributed by atoms with E-state index in [0.717, 1.165) is 15.6 Å². The molecule has 27 heavy (non-hydrogen) atoms. The molecule has 0 atom stereocenters. The van der Waals surface area contributed by atoms with Crippen LogP contribution in [0.4, 0.5) is 11.4 Å². The second-order valence-electron chi connectivity index (χ2n) is 5.81. The normalized spacial score (nSPS) is 9.89. The highest BCUT2D eigenvalue weighted by Crippen LogP contribution is 2.26. The minimum atomic E-state index is -0.389. The van der Waals surface area contributed by atoms with Crippen LogP contribution in [0, 0.1) is 34.1 Å². The maximum Gasteiger partial charge on any atom is 0.273 e. The first-order valence-electron chi connectivity index (χ1n) is 8.00. The average molecular weight is 429 g/mol. The summed E-state index contributed by atoms with van der Waals surface area (Å²) in [5, 5.41) is 21.2. The first-order valence-corrected chi connectivity index (χ1v) is 8.80. The second-order valence-corrected chi connectivity index (χ2v) is 6.73. The minimum Gasteiger partial charge on any atom is -0.258 e. The molecule has 0 aliphatic carbocycles. The Bertz CT molecular complexity index is 975. The van der Waals surface area contributed by atoms with Gasteiger partial charge < -0.3 is 0 Å². The minimum absolute atomic E-state index is 0.152. The SMILES string of the molecule is Cc1ccc(-c2ccccc2)cc1[N+](=O)[O-].Cc1ccc(Br)cc1[N+](=O)[O-]. The summed E-state index contributed by atoms with van der Waals surface area (Å²) in [5.74, 6) is 0. The van der Waals surface area contributed by atoms with Gasteiger partial charge >= 0.3 is 0 Å². The molecule has 138 valence electrons. The largest absolute Gasteiger partial charge is 0.273 e. The highest BCUT2D eigenvalue weighted by Gasteiger charge is 2.11. The van der Waals surface area contributed by atoms with Crippen molar-refractivity contribution in [3.05, 3.63) is 103 Å². The van der Waals surface area contributed by atoms with E-state index in [4.69, 9.17) is 0 Å². The molecule has 3 aromatic rings. The molecule has 3 rings (SSSR count). The van der Waals surface area contributed by atoms with E-state index < -0.39 is 0 Å². The van der Waals surface area contributed by atoms with Crippen molar-refractivity contribution in [2.75, 3.05) is 0 Å². The van der Waals surface area contributed by atoms with Crippen molar-refractivity contribution in [3.8, 4) is 11.1 Å². The summed E-state index contributed by atoms with van der Waals surface area (Å²) in [6.45, 7) is 3.46. The van der Waals surface area contributed by atoms with Crippen molar-refractivity contribution in [3.63, 3.8) is 0 Å². The summed E-state index contributed by atoms with van der Waals surface area (Å²) < 4.78 is 0.731. The molecule has 0 N–H and O–H groups in total. The van der Waals surface area contributed by atoms with E-state index in [1.807, 2.05) is 36.4 Å². The Balaban J connectivity index is 0.000000208. The molecule has 0 unspecified atom stereocenters. The number of aryl methyl sites for hydroxylation is 2. The average Bonchev–Trinajstić information content (AvgIpc) is 2.65. The van der Waals surface area contributed by atoms with Crippen molar-refractivity contribution in [1.29, 1.82) is 0 Å². The summed E-state index contributed by atoms with van der Waals surface area (Å²) in [6.07, 6.45) is 0. The lowest BCUT2D eigenvalue weighted by Crippen LogP contribution is -1.91. The summed E-state index contributed by atoms with van der Waals surface area (Å²) in [4.78, 5) is 20.4. The molecular weight excluding hydrogens is 412 g/mol. The maximum absolute atomic E-state index is 10.8. The van der Waals surface area contributed by atoms with Crippen LogP contribution in [0.15, 0.2) is 71.2 Å². The van der Waals surface area contributed by atoms with E-state index in [1.54, 1.807) is 38.1 Å². The molecule has 0 spiro atoms. The fraction of sp³-hybridized carbons (Fsp3) is 0.100. The highest BCUT2D eigenvalue weighted by atomic mass is 79.9. The van der Waals surface area contributed by atoms with Crippen LogP contribution >= 0.6 is 15.9 Å². The molecule has 0 saturated heterocycles. The molecule has 0 aromatic heterocycles. The van der Waals surface area contributed by atoms with E-state index in [2.05, 4.69) is 15.9 Å². The Kier molecular flexibility index (Phi) is 6.79. The van der Waals surface area contributed by atoms with Gasteiger partial charge in [-0.3, -0.25) is 20.2 Å². The van der Waals surface area contributed by atoms with Crippen molar-refractivity contribution in [1.82, 2.24) is 0 Å². The number of nitro groups is 2. The Morgan fingerprint density at radius 1 is 0.704 bits per heavy atom. The van der Waals surface area contributed by atoms with E-state index >= 15 is 0 Å². The van der Waals surface area contributed by atoms with Crippen LogP contribution in [-0.2, 0) is 0 Å². The van der Waals surface area contributed by atoms with Gasteiger partial charge in [0.1, 0.15) is 0 Å². The number of hydrogen-bond donors (Lipinski definition) is 0. The molecule has 0 fully saturated rings. The van der Waals surface area contributed by atoms with Crippen LogP contribution in [0.3, 0.4) is 0 Å². The van der Waals surface area contributed by atoms with Crippen LogP contribution in [0.5, 0.6) is 0 Å². The third-order valence-corrected chi connectivity index (χ3v) is 4.37. The van der Waals surface area contributed by atoms with E-state index in [1.165, 1.54) is 6.07 Å². The lowest BCUT2D eigenvalue weighted by molar-refractivity contribution is -0.385. The van der Waals surface area contributed by atoms with Gasteiger partial charge in [0, 0.05) is 27.7 Å². The Morgan fingerprint density at radius 3 is 1.74 bits per heavy atom. The number of halogens is 1. The van der Waals surface area contributed by atoms with E-state index in [0.29, 0.717) is 11.1 Å². The number of benzene rings is 3. The molecule has 7 heteroatoms. The van der Waals surface area contributed by atoms with Crippen LogP contribution in [0.25, 0.3) is 11.1 Å². The third kappa shape index (κ3) is 5.46. The lowest BCUT2D eigenvalue weighted by atomic mass is 10.0. The molecule has 0 amide bonds. The topological polar surface area (TPSA) is 86.3 Å². The van der Waals surface area contributed by atoms with Gasteiger partial charge in [-0.2, -0.15) is 0 Å². The fourth-order valence-electron chi connectivity index (χ4n) is 2.40. The molecule has 0 bridgehead atoms. The molecule has 6 nitrogen and oxygen atoms in total. The Labute approximate surface area is 164 Å². The zero-order valence-electron chi connectivity index (χ0n) is 14.8. The molecule has 0 aliphatic rings. The maximum atomic E-state index is 10.8. The predicted octanol–water partition coefficient (Wildman–Crippen LogP) is 6.24. The molecule has 0 radical (unpaired) electrons. The van der Waals surface area contributed by atoms with Crippen molar-refractivity contribution in [2.45, 2.75) is 13.8 Å². The predicted molar refractivity (Wildman–Crippen MR) is 109 cm³/mol. The Morgan fingerprint density at radius 2 is 1.22 bits per heavy atom. The van der Waals surface area contributed by atoms with Crippen LogP contribution in [0.2, 0.25) is 0 Å². The summed E-state index contributed by atoms with van der Waals surface area (Å²) in [5.41, 5.74) is 3.55. The van der Waals surface area contributed by atoms with Crippen LogP contribution in [0.1, 0.15) is 11.1 Å². The molecule has 0 aliphatic heterocycles. The highest BCUT2D eigenvalue weighted by molar-refractivity contribution is 9.10. The van der Waals surface area contributed by atoms with Crippen molar-refractivity contribution in [2.24, 2.45) is 0 Å². The van der Waals surface area contributed by atoms with Gasteiger partial charge in [0.25, 0.3) is 11.4 Å². The van der Waals surface area contributed by atoms with E-state index in [9.17, 15) is 20.2 Å². The zero-order chi connectivity index (χ0) is 20.0. The third-order valence-electron chi connectivity index (χ3n) is 3.88. The number of nitro benzene ring substituents is 2. The van der Waals surface area contributed by atoms with Crippen molar-refractivity contribution >= 4 is 27.3 Å². The molecule has 0 heterocycles. The number of nitrogens with zero attached hydrogens (tertiary/aromatic N) is 2. The monoisotopic (exact) mass is 428 g/mol. The standard InChI is InChI=1S/C13H11NO2.C7H6BrNO2/c1-10-7-8-12(9-13(10)14(15)16)11-5-3-2-4-6-11;1-5-2-3-6(8)4-7(5)9(10)11/h2-9H,1H3;2-4H,1H3. The molecule has 0 saturated carbocycles. The Hall–Kier alpha value is -3.06. The summed E-state index contributed by atoms with van der Waals surface area (Å²) in [7, 11) is 0. The lowest BCUT2D eigenvalue weighted by Gasteiger charge is -2.02. The van der Waals surface area contributed by atoms with Gasteiger partial charge in [0.05, 0.1) is 9.85 Å². The van der Waals surface area contributed by atoms with Gasteiger partial charge in [-0.15, -0.1) is 0 Å². The molecule has 3 aromatic carbocycles.